The Hall–Kier alpha value is -2.74. The van der Waals surface area contributed by atoms with Gasteiger partial charge in [-0.05, 0) is 49.6 Å². The van der Waals surface area contributed by atoms with Crippen molar-refractivity contribution in [2.24, 2.45) is 0 Å². The van der Waals surface area contributed by atoms with E-state index in [1.54, 1.807) is 0 Å². The molecule has 0 amide bonds. The molecular formula is C32H39NO5. The summed E-state index contributed by atoms with van der Waals surface area (Å²) in [4.78, 5) is 2.31. The fraction of sp³-hybridized carbons (Fsp3) is 0.438. The lowest BCUT2D eigenvalue weighted by Gasteiger charge is -2.44. The molecular weight excluding hydrogens is 478 g/mol. The van der Waals surface area contributed by atoms with Crippen molar-refractivity contribution >= 4 is 0 Å². The molecule has 0 aliphatic carbocycles. The molecule has 3 aromatic carbocycles. The third-order valence-electron chi connectivity index (χ3n) is 7.56. The maximum atomic E-state index is 11.4. The number of benzene rings is 3. The van der Waals surface area contributed by atoms with Gasteiger partial charge >= 0.3 is 0 Å². The summed E-state index contributed by atoms with van der Waals surface area (Å²) in [6, 6.07) is 28.8. The van der Waals surface area contributed by atoms with Gasteiger partial charge in [0.25, 0.3) is 0 Å². The van der Waals surface area contributed by atoms with E-state index in [2.05, 4.69) is 60.4 Å². The van der Waals surface area contributed by atoms with Gasteiger partial charge in [0.2, 0.25) is 0 Å². The van der Waals surface area contributed by atoms with Crippen molar-refractivity contribution in [3.63, 3.8) is 0 Å². The summed E-state index contributed by atoms with van der Waals surface area (Å²) in [5.74, 6) is 0.0503. The molecule has 2 aliphatic heterocycles. The van der Waals surface area contributed by atoms with E-state index < -0.39 is 11.9 Å². The first-order valence-corrected chi connectivity index (χ1v) is 13.5. The predicted molar refractivity (Wildman–Crippen MR) is 147 cm³/mol. The van der Waals surface area contributed by atoms with Crippen LogP contribution < -0.4 is 4.74 Å². The molecule has 5 rings (SSSR count). The topological polar surface area (TPSA) is 60.4 Å². The fourth-order valence-corrected chi connectivity index (χ4v) is 5.48. The molecule has 2 saturated heterocycles. The van der Waals surface area contributed by atoms with Crippen molar-refractivity contribution < 1.29 is 24.1 Å². The predicted octanol–water partition coefficient (Wildman–Crippen LogP) is 5.32. The van der Waals surface area contributed by atoms with Gasteiger partial charge in [0.05, 0.1) is 25.4 Å². The molecule has 2 heterocycles. The average Bonchev–Trinajstić information content (AvgIpc) is 3.30. The lowest BCUT2D eigenvalue weighted by molar-refractivity contribution is -0.153. The first kappa shape index (κ1) is 26.9. The van der Waals surface area contributed by atoms with E-state index in [0.29, 0.717) is 32.9 Å². The van der Waals surface area contributed by atoms with Crippen molar-refractivity contribution in [2.45, 2.75) is 63.4 Å². The van der Waals surface area contributed by atoms with Gasteiger partial charge in [-0.2, -0.15) is 0 Å². The number of aliphatic hydroxyl groups excluding tert-OH is 1. The molecule has 0 bridgehead atoms. The van der Waals surface area contributed by atoms with Crippen LogP contribution in [-0.2, 0) is 20.8 Å². The molecule has 3 aromatic rings. The lowest BCUT2D eigenvalue weighted by Crippen LogP contribution is -2.52. The van der Waals surface area contributed by atoms with Gasteiger partial charge in [-0.15, -0.1) is 0 Å². The number of nitrogens with zero attached hydrogens (tertiary/aromatic N) is 1. The molecule has 0 saturated carbocycles. The molecule has 0 spiro atoms. The highest BCUT2D eigenvalue weighted by Crippen LogP contribution is 2.36. The summed E-state index contributed by atoms with van der Waals surface area (Å²) >= 11 is 0. The molecule has 0 unspecified atom stereocenters. The summed E-state index contributed by atoms with van der Waals surface area (Å²) in [6.45, 7) is 8.76. The van der Waals surface area contributed by atoms with E-state index in [9.17, 15) is 5.11 Å². The van der Waals surface area contributed by atoms with Gasteiger partial charge in [-0.1, -0.05) is 72.8 Å². The van der Waals surface area contributed by atoms with Gasteiger partial charge in [-0.25, -0.2) is 0 Å². The monoisotopic (exact) mass is 517 g/mol. The quantitative estimate of drug-likeness (QED) is 0.414. The maximum Gasteiger partial charge on any atom is 0.163 e. The van der Waals surface area contributed by atoms with Crippen molar-refractivity contribution in [1.82, 2.24) is 4.90 Å². The number of β-amino-alcohol motifs (C(OH)–C–C–N with tert-alkyl or cyclic N) is 1. The number of aliphatic hydroxyl groups is 1. The van der Waals surface area contributed by atoms with Crippen LogP contribution in [0.3, 0.4) is 0 Å². The Labute approximate surface area is 226 Å². The fourth-order valence-electron chi connectivity index (χ4n) is 5.48. The normalized spacial score (nSPS) is 26.2. The van der Waals surface area contributed by atoms with Crippen LogP contribution >= 0.6 is 0 Å². The van der Waals surface area contributed by atoms with Crippen LogP contribution in [0.2, 0.25) is 0 Å². The van der Waals surface area contributed by atoms with Crippen LogP contribution in [0.25, 0.3) is 0 Å². The third kappa shape index (κ3) is 6.63. The van der Waals surface area contributed by atoms with Crippen LogP contribution in [0.1, 0.15) is 49.4 Å². The Bertz CT molecular complexity index is 1140. The van der Waals surface area contributed by atoms with Gasteiger partial charge in [-0.3, -0.25) is 4.90 Å². The van der Waals surface area contributed by atoms with Crippen LogP contribution in [0, 0.1) is 0 Å². The number of likely N-dealkylation sites (tertiary alicyclic amines) is 1. The van der Waals surface area contributed by atoms with E-state index in [1.807, 2.05) is 50.2 Å². The van der Waals surface area contributed by atoms with Crippen molar-refractivity contribution in [3.05, 3.63) is 102 Å². The van der Waals surface area contributed by atoms with E-state index in [0.717, 1.165) is 16.9 Å². The Morgan fingerprint density at radius 1 is 0.947 bits per heavy atom. The molecule has 38 heavy (non-hydrogen) atoms. The Balaban J connectivity index is 1.30. The number of piperidine rings is 1. The Morgan fingerprint density at radius 3 is 2.29 bits per heavy atom. The average molecular weight is 518 g/mol. The van der Waals surface area contributed by atoms with Crippen molar-refractivity contribution in [3.8, 4) is 5.75 Å². The molecule has 5 atom stereocenters. The smallest absolute Gasteiger partial charge is 0.163 e. The zero-order chi connectivity index (χ0) is 26.5. The maximum absolute atomic E-state index is 11.4. The SMILES string of the molecule is C[C@H](c1ccccc1)N1C[C@H](O)[C@@H](c2ccc(OCc3ccccc3)cc2)[C@H](OC[C@H]2COC(C)(C)O2)C1. The van der Waals surface area contributed by atoms with E-state index in [1.165, 1.54) is 5.56 Å². The second kappa shape index (κ2) is 12.0. The molecule has 1 N–H and O–H groups in total. The highest BCUT2D eigenvalue weighted by molar-refractivity contribution is 5.32. The van der Waals surface area contributed by atoms with Gasteiger partial charge in [0.1, 0.15) is 18.5 Å². The zero-order valence-electron chi connectivity index (χ0n) is 22.5. The number of ether oxygens (including phenoxy) is 4. The highest BCUT2D eigenvalue weighted by Gasteiger charge is 2.41. The minimum Gasteiger partial charge on any atom is -0.489 e. The second-order valence-electron chi connectivity index (χ2n) is 10.8. The van der Waals surface area contributed by atoms with Crippen LogP contribution in [0.4, 0.5) is 0 Å². The van der Waals surface area contributed by atoms with E-state index in [-0.39, 0.29) is 24.2 Å². The molecule has 6 nitrogen and oxygen atoms in total. The van der Waals surface area contributed by atoms with Crippen LogP contribution in [0.5, 0.6) is 5.75 Å². The Morgan fingerprint density at radius 2 is 1.63 bits per heavy atom. The lowest BCUT2D eigenvalue weighted by atomic mass is 9.83. The summed E-state index contributed by atoms with van der Waals surface area (Å²) < 4.78 is 24.2. The molecule has 0 radical (unpaired) electrons. The number of hydrogen-bond donors (Lipinski definition) is 1. The molecule has 2 fully saturated rings. The Kier molecular flexibility index (Phi) is 8.46. The van der Waals surface area contributed by atoms with Gasteiger partial charge in [0.15, 0.2) is 5.79 Å². The number of rotatable bonds is 9. The van der Waals surface area contributed by atoms with E-state index in [4.69, 9.17) is 18.9 Å². The van der Waals surface area contributed by atoms with Gasteiger partial charge in [0, 0.05) is 25.0 Å². The highest BCUT2D eigenvalue weighted by atomic mass is 16.7. The minimum absolute atomic E-state index is 0.126. The summed E-state index contributed by atoms with van der Waals surface area (Å²) in [7, 11) is 0. The first-order valence-electron chi connectivity index (χ1n) is 13.5. The van der Waals surface area contributed by atoms with E-state index >= 15 is 0 Å². The van der Waals surface area contributed by atoms with Crippen molar-refractivity contribution in [1.29, 1.82) is 0 Å². The molecule has 2 aliphatic rings. The standard InChI is InChI=1S/C32H39NO5/c1-23(25-12-8-5-9-13-25)33-18-29(34)31(30(19-33)36-21-28-22-37-32(2,3)38-28)26-14-16-27(17-15-26)35-20-24-10-6-4-7-11-24/h4-17,23,28-31,34H,18-22H2,1-3H3/t23-,28+,29+,30-,31-/m1/s1. The molecule has 202 valence electrons. The minimum atomic E-state index is -0.594. The molecule has 0 aromatic heterocycles. The van der Waals surface area contributed by atoms with Crippen LogP contribution in [0.15, 0.2) is 84.9 Å². The van der Waals surface area contributed by atoms with Crippen LogP contribution in [-0.4, -0.2) is 60.4 Å². The largest absolute Gasteiger partial charge is 0.489 e. The van der Waals surface area contributed by atoms with Gasteiger partial charge < -0.3 is 24.1 Å². The summed E-state index contributed by atoms with van der Waals surface area (Å²) in [5.41, 5.74) is 3.40. The first-order chi connectivity index (χ1) is 18.4. The summed E-state index contributed by atoms with van der Waals surface area (Å²) in [5, 5.41) is 11.4. The zero-order valence-corrected chi connectivity index (χ0v) is 22.5. The number of hydrogen-bond acceptors (Lipinski definition) is 6. The third-order valence-corrected chi connectivity index (χ3v) is 7.56. The second-order valence-corrected chi connectivity index (χ2v) is 10.8. The van der Waals surface area contributed by atoms with Crippen molar-refractivity contribution in [2.75, 3.05) is 26.3 Å². The summed E-state index contributed by atoms with van der Waals surface area (Å²) in [6.07, 6.45) is -0.903. The molecule has 6 heteroatoms.